The number of aromatic nitrogens is 4. The van der Waals surface area contributed by atoms with Crippen LogP contribution in [0.1, 0.15) is 55.9 Å². The molecule has 4 aliphatic rings. The number of hydrogen-bond acceptors (Lipinski definition) is 10. The highest BCUT2D eigenvalue weighted by atomic mass is 35.5. The third-order valence-electron chi connectivity index (χ3n) is 10.8. The van der Waals surface area contributed by atoms with Gasteiger partial charge in [-0.1, -0.05) is 11.6 Å². The molecule has 50 heavy (non-hydrogen) atoms. The Labute approximate surface area is 295 Å². The van der Waals surface area contributed by atoms with Crippen LogP contribution in [0.15, 0.2) is 18.3 Å². The first-order valence-corrected chi connectivity index (χ1v) is 17.9. The summed E-state index contributed by atoms with van der Waals surface area (Å²) in [7, 11) is 2.10. The summed E-state index contributed by atoms with van der Waals surface area (Å²) in [6, 6.07) is 6.32. The number of aryl methyl sites for hydroxylation is 1. The molecule has 3 atom stereocenters. The van der Waals surface area contributed by atoms with Gasteiger partial charge >= 0.3 is 12.1 Å². The van der Waals surface area contributed by atoms with Gasteiger partial charge in [0.05, 0.1) is 52.8 Å². The summed E-state index contributed by atoms with van der Waals surface area (Å²) in [6.07, 6.45) is 6.67. The van der Waals surface area contributed by atoms with Gasteiger partial charge in [-0.15, -0.1) is 0 Å². The second kappa shape index (κ2) is 13.4. The van der Waals surface area contributed by atoms with E-state index in [0.29, 0.717) is 61.4 Å². The Morgan fingerprint density at radius 1 is 1.14 bits per heavy atom. The number of carbonyl (C=O) groups is 1. The van der Waals surface area contributed by atoms with Crippen molar-refractivity contribution in [2.24, 2.45) is 0 Å². The third kappa shape index (κ3) is 5.73. The topological polar surface area (TPSA) is 142 Å². The Kier molecular flexibility index (Phi) is 8.79. The number of anilines is 1. The van der Waals surface area contributed by atoms with Gasteiger partial charge in [-0.05, 0) is 75.9 Å². The molecule has 3 fully saturated rings. The highest BCUT2D eigenvalue weighted by Crippen LogP contribution is 2.48. The van der Waals surface area contributed by atoms with Crippen LogP contribution in [0.2, 0.25) is 5.02 Å². The zero-order valence-electron chi connectivity index (χ0n) is 28.4. The van der Waals surface area contributed by atoms with Crippen LogP contribution < -0.4 is 14.4 Å². The van der Waals surface area contributed by atoms with Crippen molar-refractivity contribution < 1.29 is 24.1 Å². The van der Waals surface area contributed by atoms with E-state index in [1.807, 2.05) is 22.7 Å². The predicted octanol–water partition coefficient (Wildman–Crippen LogP) is 5.80. The van der Waals surface area contributed by atoms with Gasteiger partial charge in [-0.3, -0.25) is 0 Å². The van der Waals surface area contributed by atoms with Crippen LogP contribution in [0, 0.1) is 18.3 Å². The Bertz CT molecular complexity index is 2010. The normalized spacial score (nSPS) is 22.6. The molecule has 0 saturated carbocycles. The number of nitrogens with zero attached hydrogens (tertiary/aromatic N) is 8. The largest absolute Gasteiger partial charge is 0.492 e. The fraction of sp³-hybridized carbons (Fsp3) is 0.528. The highest BCUT2D eigenvalue weighted by molar-refractivity contribution is 6.36. The molecule has 1 unspecified atom stereocenters. The van der Waals surface area contributed by atoms with Crippen molar-refractivity contribution in [1.29, 1.82) is 5.26 Å². The quantitative estimate of drug-likeness (QED) is 0.250. The monoisotopic (exact) mass is 700 g/mol. The molecular weight excluding hydrogens is 660 g/mol. The molecule has 0 aliphatic carbocycles. The molecule has 13 nitrogen and oxygen atoms in total. The molecule has 1 N–H and O–H groups in total. The molecule has 0 spiro atoms. The minimum absolute atomic E-state index is 0.0728. The number of nitriles is 1. The highest BCUT2D eigenvalue weighted by Gasteiger charge is 2.35. The van der Waals surface area contributed by atoms with Gasteiger partial charge in [0, 0.05) is 55.2 Å². The number of fused-ring (bicyclic) bond motifs is 4. The zero-order chi connectivity index (χ0) is 34.5. The standard InChI is InChI=1S/C36H41ClN8O5/c1-21-16-28-26(18-39-45(28)29-7-3-4-14-48-29)30(32(21)37)25-17-27-31(33-24(25)9-15-49-33)34(41-35(40-27)50-20-23-6-5-11-42(23)2)43-12-13-44(36(46)47)22(19-43)8-10-38/h16-18,22-23,29H,3-9,11-15,19-20H2,1-2H3,(H,46,47)/t22-,23-,29?/m0/s1. The summed E-state index contributed by atoms with van der Waals surface area (Å²) in [5.74, 6) is 1.31. The Morgan fingerprint density at radius 2 is 2.02 bits per heavy atom. The second-order valence-electron chi connectivity index (χ2n) is 13.8. The van der Waals surface area contributed by atoms with Crippen molar-refractivity contribution in [1.82, 2.24) is 29.5 Å². The molecule has 0 radical (unpaired) electrons. The van der Waals surface area contributed by atoms with Crippen LogP contribution in [-0.2, 0) is 11.2 Å². The first kappa shape index (κ1) is 32.8. The van der Waals surface area contributed by atoms with Crippen molar-refractivity contribution in [3.05, 3.63) is 34.5 Å². The summed E-state index contributed by atoms with van der Waals surface area (Å²) in [5.41, 5.74) is 5.37. The summed E-state index contributed by atoms with van der Waals surface area (Å²) in [4.78, 5) is 27.7. The average molecular weight is 701 g/mol. The molecule has 4 aromatic rings. The summed E-state index contributed by atoms with van der Waals surface area (Å²) >= 11 is 7.20. The van der Waals surface area contributed by atoms with Gasteiger partial charge < -0.3 is 34.0 Å². The maximum Gasteiger partial charge on any atom is 0.407 e. The summed E-state index contributed by atoms with van der Waals surface area (Å²) < 4.78 is 20.9. The maximum absolute atomic E-state index is 12.1. The molecule has 8 rings (SSSR count). The van der Waals surface area contributed by atoms with E-state index in [1.54, 1.807) is 0 Å². The van der Waals surface area contributed by atoms with E-state index in [9.17, 15) is 15.2 Å². The molecule has 14 heteroatoms. The van der Waals surface area contributed by atoms with Gasteiger partial charge in [0.2, 0.25) is 0 Å². The number of carboxylic acid groups (broad SMARTS) is 1. The lowest BCUT2D eigenvalue weighted by atomic mass is 9.92. The number of benzene rings is 2. The number of ether oxygens (including phenoxy) is 3. The first-order valence-electron chi connectivity index (χ1n) is 17.6. The van der Waals surface area contributed by atoms with Gasteiger partial charge in [-0.25, -0.2) is 9.48 Å². The minimum atomic E-state index is -1.03. The van der Waals surface area contributed by atoms with Crippen LogP contribution >= 0.6 is 11.6 Å². The zero-order valence-corrected chi connectivity index (χ0v) is 29.2. The van der Waals surface area contributed by atoms with Crippen LogP contribution in [0.25, 0.3) is 32.9 Å². The number of likely N-dealkylation sites (N-methyl/N-ethyl adjacent to an activating group) is 1. The fourth-order valence-corrected chi connectivity index (χ4v) is 8.34. The van der Waals surface area contributed by atoms with Gasteiger partial charge in [0.15, 0.2) is 6.23 Å². The Balaban J connectivity index is 1.29. The molecular formula is C36H41ClN8O5. The first-order chi connectivity index (χ1) is 24.3. The average Bonchev–Trinajstić information content (AvgIpc) is 3.88. The second-order valence-corrected chi connectivity index (χ2v) is 14.2. The van der Waals surface area contributed by atoms with Crippen LogP contribution in [0.3, 0.4) is 0 Å². The number of rotatable bonds is 7. The predicted molar refractivity (Wildman–Crippen MR) is 188 cm³/mol. The summed E-state index contributed by atoms with van der Waals surface area (Å²) in [5, 5.41) is 26.6. The van der Waals surface area contributed by atoms with Gasteiger partial charge in [0.1, 0.15) is 18.2 Å². The van der Waals surface area contributed by atoms with E-state index in [4.69, 9.17) is 40.9 Å². The van der Waals surface area contributed by atoms with E-state index in [0.717, 1.165) is 77.2 Å². The van der Waals surface area contributed by atoms with Crippen LogP contribution in [-0.4, -0.2) is 106 Å². The van der Waals surface area contributed by atoms with Crippen LogP contribution in [0.5, 0.6) is 11.8 Å². The van der Waals surface area contributed by atoms with Gasteiger partial charge in [0.25, 0.3) is 0 Å². The molecule has 1 amide bonds. The number of amides is 1. The summed E-state index contributed by atoms with van der Waals surface area (Å²) in [6.45, 7) is 5.63. The van der Waals surface area contributed by atoms with E-state index in [-0.39, 0.29) is 31.2 Å². The molecule has 2 aromatic heterocycles. The lowest BCUT2D eigenvalue weighted by Crippen LogP contribution is -2.55. The van der Waals surface area contributed by atoms with Crippen molar-refractivity contribution in [2.45, 2.75) is 70.2 Å². The molecule has 262 valence electrons. The molecule has 6 heterocycles. The lowest BCUT2D eigenvalue weighted by Gasteiger charge is -2.40. The van der Waals surface area contributed by atoms with Crippen LogP contribution in [0.4, 0.5) is 10.6 Å². The number of halogens is 1. The van der Waals surface area contributed by atoms with E-state index in [1.165, 1.54) is 4.90 Å². The third-order valence-corrected chi connectivity index (χ3v) is 11.2. The van der Waals surface area contributed by atoms with Gasteiger partial charge in [-0.2, -0.15) is 20.3 Å². The Hall–Kier alpha value is -4.38. The smallest absolute Gasteiger partial charge is 0.407 e. The van der Waals surface area contributed by atoms with Crippen molar-refractivity contribution in [2.75, 3.05) is 57.9 Å². The fourth-order valence-electron chi connectivity index (χ4n) is 8.09. The molecule has 3 saturated heterocycles. The molecule has 2 aromatic carbocycles. The Morgan fingerprint density at radius 3 is 2.78 bits per heavy atom. The number of hydrogen-bond donors (Lipinski definition) is 1. The van der Waals surface area contributed by atoms with E-state index >= 15 is 0 Å². The number of piperazine rings is 1. The minimum Gasteiger partial charge on any atom is -0.492 e. The SMILES string of the molecule is Cc1cc2c(cnn2C2CCCCO2)c(-c2cc3nc(OC[C@@H]4CCCN4C)nc(N4CCN(C(=O)O)[C@@H](CC#N)C4)c3c3c2CCO3)c1Cl. The van der Waals surface area contributed by atoms with Crippen molar-refractivity contribution in [3.63, 3.8) is 0 Å². The van der Waals surface area contributed by atoms with Crippen molar-refractivity contribution >= 4 is 45.3 Å². The molecule has 0 bridgehead atoms. The van der Waals surface area contributed by atoms with E-state index in [2.05, 4.69) is 30.1 Å². The van der Waals surface area contributed by atoms with Crippen molar-refractivity contribution in [3.8, 4) is 29.0 Å². The van der Waals surface area contributed by atoms with E-state index < -0.39 is 12.1 Å². The maximum atomic E-state index is 12.1. The number of likely N-dealkylation sites (tertiary alicyclic amines) is 1. The lowest BCUT2D eigenvalue weighted by molar-refractivity contribution is -0.0366. The molecule has 4 aliphatic heterocycles.